The normalized spacial score (nSPS) is 33.8. The first-order valence-electron chi connectivity index (χ1n) is 8.37. The van der Waals surface area contributed by atoms with E-state index in [0.717, 1.165) is 17.8 Å². The molecule has 0 amide bonds. The molecule has 0 unspecified atom stereocenters. The molecule has 24 heavy (non-hydrogen) atoms. The Labute approximate surface area is 145 Å². The zero-order valence-electron chi connectivity index (χ0n) is 13.2. The molecule has 0 saturated heterocycles. The highest BCUT2D eigenvalue weighted by Crippen LogP contribution is 2.55. The maximum Gasteiger partial charge on any atom is 0.433 e. The standard InChI is InChI=1S/C16H20N4O3S/c21-20(22)14-2-1-13(23-14)9-17-19-15(24)18-16-6-10-3-11(7-16)5-12(4-10)8-16/h1-2,9-12H,3-8H2,(H2,18,19,24)/b17-9-. The molecule has 0 spiro atoms. The first-order chi connectivity index (χ1) is 11.5. The number of nitrogens with one attached hydrogen (secondary N) is 2. The van der Waals surface area contributed by atoms with Gasteiger partial charge in [-0.1, -0.05) is 0 Å². The number of rotatable bonds is 4. The lowest BCUT2D eigenvalue weighted by Gasteiger charge is -2.57. The monoisotopic (exact) mass is 348 g/mol. The molecule has 4 bridgehead atoms. The average molecular weight is 348 g/mol. The lowest BCUT2D eigenvalue weighted by Crippen LogP contribution is -2.61. The Morgan fingerprint density at radius 3 is 2.46 bits per heavy atom. The molecule has 2 N–H and O–H groups in total. The lowest BCUT2D eigenvalue weighted by molar-refractivity contribution is -0.402. The van der Waals surface area contributed by atoms with E-state index in [1.165, 1.54) is 56.9 Å². The van der Waals surface area contributed by atoms with Gasteiger partial charge in [0.05, 0.1) is 12.3 Å². The van der Waals surface area contributed by atoms with Crippen LogP contribution in [0, 0.1) is 27.9 Å². The molecule has 8 heteroatoms. The van der Waals surface area contributed by atoms with E-state index in [2.05, 4.69) is 15.8 Å². The summed E-state index contributed by atoms with van der Waals surface area (Å²) in [6.45, 7) is 0. The molecule has 0 aromatic carbocycles. The smallest absolute Gasteiger partial charge is 0.400 e. The number of thiocarbonyl (C=S) groups is 1. The summed E-state index contributed by atoms with van der Waals surface area (Å²) in [5, 5.41) is 18.6. The van der Waals surface area contributed by atoms with Crippen LogP contribution in [0.15, 0.2) is 21.7 Å². The topological polar surface area (TPSA) is 92.7 Å². The van der Waals surface area contributed by atoms with E-state index < -0.39 is 4.92 Å². The molecule has 0 atom stereocenters. The minimum absolute atomic E-state index is 0.137. The predicted octanol–water partition coefficient (Wildman–Crippen LogP) is 2.95. The van der Waals surface area contributed by atoms with E-state index in [4.69, 9.17) is 16.6 Å². The highest BCUT2D eigenvalue weighted by molar-refractivity contribution is 7.80. The van der Waals surface area contributed by atoms with Gasteiger partial charge in [0.15, 0.2) is 10.9 Å². The largest absolute Gasteiger partial charge is 0.433 e. The van der Waals surface area contributed by atoms with Crippen molar-refractivity contribution in [1.82, 2.24) is 10.7 Å². The van der Waals surface area contributed by atoms with Crippen LogP contribution in [0.5, 0.6) is 0 Å². The van der Waals surface area contributed by atoms with Crippen molar-refractivity contribution in [2.45, 2.75) is 44.1 Å². The molecule has 7 nitrogen and oxygen atoms in total. The number of nitro groups is 1. The van der Waals surface area contributed by atoms with Crippen molar-refractivity contribution in [3.63, 3.8) is 0 Å². The van der Waals surface area contributed by atoms with Crippen molar-refractivity contribution in [1.29, 1.82) is 0 Å². The fourth-order valence-electron chi connectivity index (χ4n) is 5.20. The second-order valence-electron chi connectivity index (χ2n) is 7.46. The Bertz CT molecular complexity index is 664. The van der Waals surface area contributed by atoms with Gasteiger partial charge in [0.2, 0.25) is 0 Å². The van der Waals surface area contributed by atoms with Crippen molar-refractivity contribution < 1.29 is 9.34 Å². The fourth-order valence-corrected chi connectivity index (χ4v) is 5.47. The fraction of sp³-hybridized carbons (Fsp3) is 0.625. The molecule has 5 rings (SSSR count). The third kappa shape index (κ3) is 3.02. The molecule has 4 fully saturated rings. The van der Waals surface area contributed by atoms with E-state index >= 15 is 0 Å². The summed E-state index contributed by atoms with van der Waals surface area (Å²) in [5.74, 6) is 2.55. The van der Waals surface area contributed by atoms with Crippen LogP contribution in [0.25, 0.3) is 0 Å². The number of furan rings is 1. The van der Waals surface area contributed by atoms with Crippen LogP contribution in [0.4, 0.5) is 5.88 Å². The second-order valence-corrected chi connectivity index (χ2v) is 7.86. The summed E-state index contributed by atoms with van der Waals surface area (Å²) >= 11 is 5.38. The maximum absolute atomic E-state index is 10.6. The predicted molar refractivity (Wildman–Crippen MR) is 92.7 cm³/mol. The van der Waals surface area contributed by atoms with Crippen molar-refractivity contribution in [3.8, 4) is 0 Å². The first-order valence-corrected chi connectivity index (χ1v) is 8.78. The van der Waals surface area contributed by atoms with Gasteiger partial charge < -0.3 is 9.73 Å². The zero-order valence-corrected chi connectivity index (χ0v) is 14.1. The zero-order chi connectivity index (χ0) is 16.7. The van der Waals surface area contributed by atoms with Crippen molar-refractivity contribution in [2.75, 3.05) is 0 Å². The van der Waals surface area contributed by atoms with Gasteiger partial charge in [-0.05, 0) is 74.6 Å². The van der Waals surface area contributed by atoms with Gasteiger partial charge in [-0.2, -0.15) is 5.10 Å². The van der Waals surface area contributed by atoms with Gasteiger partial charge in [-0.25, -0.2) is 0 Å². The van der Waals surface area contributed by atoms with E-state index in [1.54, 1.807) is 0 Å². The summed E-state index contributed by atoms with van der Waals surface area (Å²) in [7, 11) is 0. The third-order valence-corrected chi connectivity index (χ3v) is 5.76. The number of hydrazone groups is 1. The van der Waals surface area contributed by atoms with E-state index in [1.807, 2.05) is 0 Å². The maximum atomic E-state index is 10.6. The van der Waals surface area contributed by atoms with E-state index in [-0.39, 0.29) is 11.4 Å². The van der Waals surface area contributed by atoms with Crippen LogP contribution >= 0.6 is 12.2 Å². The number of hydrogen-bond donors (Lipinski definition) is 2. The SMILES string of the molecule is O=[N+]([O-])c1ccc(/C=N\NC(=S)NC23CC4CC(CC(C4)C2)C3)o1. The molecule has 1 aromatic heterocycles. The Morgan fingerprint density at radius 2 is 1.92 bits per heavy atom. The van der Waals surface area contributed by atoms with Crippen molar-refractivity contribution in [3.05, 3.63) is 28.0 Å². The summed E-state index contributed by atoms with van der Waals surface area (Å²) in [6, 6.07) is 2.80. The minimum atomic E-state index is -0.579. The van der Waals surface area contributed by atoms with Gasteiger partial charge in [0.25, 0.3) is 0 Å². The van der Waals surface area contributed by atoms with Crippen LogP contribution < -0.4 is 10.7 Å². The van der Waals surface area contributed by atoms with Crippen LogP contribution in [0.1, 0.15) is 44.3 Å². The molecular weight excluding hydrogens is 328 g/mol. The molecular formula is C16H20N4O3S. The van der Waals surface area contributed by atoms with Gasteiger partial charge >= 0.3 is 5.88 Å². The quantitative estimate of drug-likeness (QED) is 0.376. The molecule has 4 saturated carbocycles. The highest BCUT2D eigenvalue weighted by atomic mass is 32.1. The van der Waals surface area contributed by atoms with Crippen molar-refractivity contribution >= 4 is 29.4 Å². The number of hydrogen-bond acceptors (Lipinski definition) is 5. The Morgan fingerprint density at radius 1 is 1.29 bits per heavy atom. The Balaban J connectivity index is 1.33. The molecule has 1 aromatic rings. The number of nitrogens with zero attached hydrogens (tertiary/aromatic N) is 2. The summed E-state index contributed by atoms with van der Waals surface area (Å²) in [5.41, 5.74) is 2.94. The van der Waals surface area contributed by atoms with Gasteiger partial charge in [-0.3, -0.25) is 15.5 Å². The summed E-state index contributed by atoms with van der Waals surface area (Å²) < 4.78 is 5.01. The first kappa shape index (κ1) is 15.6. The van der Waals surface area contributed by atoms with E-state index in [9.17, 15) is 10.1 Å². The van der Waals surface area contributed by atoms with Gasteiger partial charge in [0, 0.05) is 5.54 Å². The Kier molecular flexibility index (Phi) is 3.79. The minimum Gasteiger partial charge on any atom is -0.400 e. The van der Waals surface area contributed by atoms with Crippen LogP contribution in [0.2, 0.25) is 0 Å². The molecule has 4 aliphatic carbocycles. The molecule has 1 heterocycles. The van der Waals surface area contributed by atoms with Crippen molar-refractivity contribution in [2.24, 2.45) is 22.9 Å². The van der Waals surface area contributed by atoms with E-state index in [0.29, 0.717) is 10.9 Å². The highest BCUT2D eigenvalue weighted by Gasteiger charge is 2.51. The molecule has 4 aliphatic rings. The van der Waals surface area contributed by atoms with Gasteiger partial charge in [-0.15, -0.1) is 0 Å². The van der Waals surface area contributed by atoms with Gasteiger partial charge in [0.1, 0.15) is 4.92 Å². The van der Waals surface area contributed by atoms with Crippen LogP contribution in [0.3, 0.4) is 0 Å². The Hall–Kier alpha value is -1.96. The molecule has 128 valence electrons. The second kappa shape index (κ2) is 5.84. The lowest BCUT2D eigenvalue weighted by atomic mass is 9.53. The molecule has 0 aliphatic heterocycles. The third-order valence-electron chi connectivity index (χ3n) is 5.57. The van der Waals surface area contributed by atoms with Crippen LogP contribution in [-0.4, -0.2) is 21.8 Å². The summed E-state index contributed by atoms with van der Waals surface area (Å²) in [4.78, 5) is 9.99. The summed E-state index contributed by atoms with van der Waals surface area (Å²) in [6.07, 6.45) is 9.16. The average Bonchev–Trinajstić information content (AvgIpc) is 2.94. The van der Waals surface area contributed by atoms with Crippen LogP contribution in [-0.2, 0) is 0 Å². The molecule has 0 radical (unpaired) electrons.